The van der Waals surface area contributed by atoms with Gasteiger partial charge in [-0.05, 0) is 25.5 Å². The summed E-state index contributed by atoms with van der Waals surface area (Å²) in [6.45, 7) is 10.4. The molecule has 3 rings (SSSR count). The molecule has 9 nitrogen and oxygen atoms in total. The number of aliphatic hydroxyl groups excluding tert-OH is 1. The molecule has 0 aromatic carbocycles. The van der Waals surface area contributed by atoms with Crippen LogP contribution in [0.15, 0.2) is 36.5 Å². The Hall–Kier alpha value is -2.49. The van der Waals surface area contributed by atoms with Crippen LogP contribution in [-0.2, 0) is 33.4 Å². The third-order valence-corrected chi connectivity index (χ3v) is 7.65. The number of halogens is 1. The predicted octanol–water partition coefficient (Wildman–Crippen LogP) is 1.39. The van der Waals surface area contributed by atoms with Gasteiger partial charge in [0, 0.05) is 19.3 Å². The van der Waals surface area contributed by atoms with Crippen molar-refractivity contribution in [3.63, 3.8) is 0 Å². The first-order valence-electron chi connectivity index (χ1n) is 10.8. The van der Waals surface area contributed by atoms with E-state index in [4.69, 9.17) is 25.8 Å². The lowest BCUT2D eigenvalue weighted by atomic mass is 9.56. The zero-order chi connectivity index (χ0) is 25.8. The van der Waals surface area contributed by atoms with Crippen LogP contribution in [0.3, 0.4) is 0 Å². The first-order valence-corrected chi connectivity index (χ1v) is 11.3. The Labute approximate surface area is 202 Å². The molecule has 1 saturated heterocycles. The van der Waals surface area contributed by atoms with Crippen molar-refractivity contribution >= 4 is 35.3 Å². The van der Waals surface area contributed by atoms with E-state index < -0.39 is 75.8 Å². The van der Waals surface area contributed by atoms with Crippen molar-refractivity contribution in [1.82, 2.24) is 0 Å². The highest BCUT2D eigenvalue weighted by molar-refractivity contribution is 6.23. The number of rotatable bonds is 2. The second-order valence-corrected chi connectivity index (χ2v) is 9.99. The molecule has 1 aliphatic heterocycles. The van der Waals surface area contributed by atoms with Gasteiger partial charge in [-0.3, -0.25) is 19.2 Å². The Morgan fingerprint density at radius 3 is 2.35 bits per heavy atom. The molecule has 0 aromatic rings. The van der Waals surface area contributed by atoms with Gasteiger partial charge in [0.25, 0.3) is 0 Å². The van der Waals surface area contributed by atoms with Crippen LogP contribution in [0.1, 0.15) is 34.6 Å². The summed E-state index contributed by atoms with van der Waals surface area (Å²) in [7, 11) is 0. The molecule has 34 heavy (non-hydrogen) atoms. The zero-order valence-corrected chi connectivity index (χ0v) is 20.4. The van der Waals surface area contributed by atoms with Crippen molar-refractivity contribution in [2.24, 2.45) is 17.3 Å². The standard InChI is InChI=1S/C24H29ClO9/c1-11-15(28)7-9-22(5)10-8-16(29)23(6,34-14(4)27)18(22)20(32-13(3)26)24(31)12(2)21(30)33-19(24)17(11)25/h7-10,12,15,17-20,28,31H,1H2,2-6H3/b9-7+/t12?,15?,17?,18?,19?,20?,22-,23+,24?/m0/s1. The van der Waals surface area contributed by atoms with Gasteiger partial charge in [0.05, 0.1) is 23.3 Å². The number of ketones is 1. The Morgan fingerprint density at radius 1 is 1.18 bits per heavy atom. The van der Waals surface area contributed by atoms with Crippen molar-refractivity contribution in [2.45, 2.75) is 69.5 Å². The minimum absolute atomic E-state index is 0.0467. The van der Waals surface area contributed by atoms with E-state index in [9.17, 15) is 29.4 Å². The lowest BCUT2D eigenvalue weighted by Gasteiger charge is -2.53. The number of allylic oxidation sites excluding steroid dienone is 2. The van der Waals surface area contributed by atoms with Crippen molar-refractivity contribution in [3.8, 4) is 0 Å². The fourth-order valence-electron chi connectivity index (χ4n) is 5.30. The number of aliphatic hydroxyl groups is 2. The number of hydrogen-bond acceptors (Lipinski definition) is 9. The molecule has 7 unspecified atom stereocenters. The molecule has 0 aromatic heterocycles. The summed E-state index contributed by atoms with van der Waals surface area (Å²) in [6.07, 6.45) is 1.27. The van der Waals surface area contributed by atoms with E-state index in [1.54, 1.807) is 13.0 Å². The highest BCUT2D eigenvalue weighted by Gasteiger charge is 2.70. The summed E-state index contributed by atoms with van der Waals surface area (Å²) < 4.78 is 16.6. The maximum Gasteiger partial charge on any atom is 0.312 e. The minimum Gasteiger partial charge on any atom is -0.459 e. The summed E-state index contributed by atoms with van der Waals surface area (Å²) >= 11 is 6.54. The fourth-order valence-corrected chi connectivity index (χ4v) is 5.69. The second kappa shape index (κ2) is 8.62. The number of esters is 3. The molecule has 1 heterocycles. The number of hydrogen-bond donors (Lipinski definition) is 2. The minimum atomic E-state index is -2.28. The van der Waals surface area contributed by atoms with Gasteiger partial charge < -0.3 is 24.4 Å². The summed E-state index contributed by atoms with van der Waals surface area (Å²) in [5.74, 6) is -5.53. The highest BCUT2D eigenvalue weighted by atomic mass is 35.5. The lowest BCUT2D eigenvalue weighted by Crippen LogP contribution is -2.68. The molecule has 9 atom stereocenters. The molecular formula is C24H29ClO9. The van der Waals surface area contributed by atoms with Crippen LogP contribution in [0.5, 0.6) is 0 Å². The molecule has 0 saturated carbocycles. The van der Waals surface area contributed by atoms with E-state index in [0.29, 0.717) is 0 Å². The molecular weight excluding hydrogens is 468 g/mol. The SMILES string of the molecule is C=C1C(O)/C=C/[C@@]2(C)C=CC(=O)[C@@](C)(OC(C)=O)C2C(OC(C)=O)C2(O)C(C)C(=O)OC2C1Cl. The molecule has 1 fully saturated rings. The Kier molecular flexibility index (Phi) is 6.62. The van der Waals surface area contributed by atoms with Crippen molar-refractivity contribution in [2.75, 3.05) is 0 Å². The highest BCUT2D eigenvalue weighted by Crippen LogP contribution is 2.54. The van der Waals surface area contributed by atoms with E-state index in [2.05, 4.69) is 6.58 Å². The number of carbonyl (C=O) groups excluding carboxylic acids is 4. The number of alkyl halides is 1. The summed E-state index contributed by atoms with van der Waals surface area (Å²) in [5, 5.41) is 21.5. The van der Waals surface area contributed by atoms with Crippen LogP contribution in [0, 0.1) is 17.3 Å². The fraction of sp³-hybridized carbons (Fsp3) is 0.583. The van der Waals surface area contributed by atoms with Gasteiger partial charge in [-0.25, -0.2) is 0 Å². The van der Waals surface area contributed by atoms with Crippen LogP contribution in [0.25, 0.3) is 0 Å². The summed E-state index contributed by atoms with van der Waals surface area (Å²) in [4.78, 5) is 50.2. The van der Waals surface area contributed by atoms with E-state index in [0.717, 1.165) is 13.8 Å². The topological polar surface area (TPSA) is 136 Å². The average molecular weight is 497 g/mol. The second-order valence-electron chi connectivity index (χ2n) is 9.52. The molecule has 186 valence electrons. The van der Waals surface area contributed by atoms with Crippen molar-refractivity contribution in [3.05, 3.63) is 36.5 Å². The van der Waals surface area contributed by atoms with E-state index >= 15 is 0 Å². The monoisotopic (exact) mass is 496 g/mol. The van der Waals surface area contributed by atoms with Crippen LogP contribution >= 0.6 is 11.6 Å². The average Bonchev–Trinajstić information content (AvgIpc) is 2.97. The maximum atomic E-state index is 13.2. The Bertz CT molecular complexity index is 1000. The predicted molar refractivity (Wildman–Crippen MR) is 119 cm³/mol. The van der Waals surface area contributed by atoms with Crippen molar-refractivity contribution < 1.29 is 43.6 Å². The largest absolute Gasteiger partial charge is 0.459 e. The molecule has 0 spiro atoms. The van der Waals surface area contributed by atoms with E-state index in [1.165, 1.54) is 32.1 Å². The smallest absolute Gasteiger partial charge is 0.312 e. The van der Waals surface area contributed by atoms with E-state index in [-0.39, 0.29) is 5.57 Å². The van der Waals surface area contributed by atoms with Crippen LogP contribution in [-0.4, -0.2) is 68.8 Å². The number of ether oxygens (including phenoxy) is 3. The zero-order valence-electron chi connectivity index (χ0n) is 19.6. The van der Waals surface area contributed by atoms with Gasteiger partial charge in [0.2, 0.25) is 0 Å². The molecule has 0 radical (unpaired) electrons. The molecule has 0 bridgehead atoms. The van der Waals surface area contributed by atoms with Crippen molar-refractivity contribution in [1.29, 1.82) is 0 Å². The quantitative estimate of drug-likeness (QED) is 0.251. The van der Waals surface area contributed by atoms with Crippen LogP contribution in [0.4, 0.5) is 0 Å². The van der Waals surface area contributed by atoms with Gasteiger partial charge in [-0.1, -0.05) is 31.7 Å². The lowest BCUT2D eigenvalue weighted by molar-refractivity contribution is -0.220. The molecule has 10 heteroatoms. The normalized spacial score (nSPS) is 45.0. The number of carbonyl (C=O) groups is 4. The summed E-state index contributed by atoms with van der Waals surface area (Å²) in [5.41, 5.74) is -5.37. The Morgan fingerprint density at radius 2 is 1.79 bits per heavy atom. The van der Waals surface area contributed by atoms with Gasteiger partial charge >= 0.3 is 17.9 Å². The third-order valence-electron chi connectivity index (χ3n) is 7.14. The van der Waals surface area contributed by atoms with Gasteiger partial charge in [0.1, 0.15) is 6.10 Å². The third kappa shape index (κ3) is 3.89. The molecule has 2 N–H and O–H groups in total. The first-order chi connectivity index (χ1) is 15.6. The Balaban J connectivity index is 2.42. The maximum absolute atomic E-state index is 13.2. The molecule has 3 aliphatic rings. The first kappa shape index (κ1) is 26.1. The van der Waals surface area contributed by atoms with Crippen LogP contribution < -0.4 is 0 Å². The number of fused-ring (bicyclic) bond motifs is 2. The van der Waals surface area contributed by atoms with Gasteiger partial charge in [0.15, 0.2) is 23.1 Å². The van der Waals surface area contributed by atoms with Gasteiger partial charge in [-0.15, -0.1) is 11.6 Å². The van der Waals surface area contributed by atoms with Crippen LogP contribution in [0.2, 0.25) is 0 Å². The molecule has 0 amide bonds. The van der Waals surface area contributed by atoms with E-state index in [1.807, 2.05) is 0 Å². The summed E-state index contributed by atoms with van der Waals surface area (Å²) in [6, 6.07) is 0. The molecule has 2 aliphatic carbocycles. The van der Waals surface area contributed by atoms with Gasteiger partial charge in [-0.2, -0.15) is 0 Å².